The summed E-state index contributed by atoms with van der Waals surface area (Å²) >= 11 is 1.30. The highest BCUT2D eigenvalue weighted by atomic mass is 32.2. The second-order valence-electron chi connectivity index (χ2n) is 0.755. The average molecular weight is 96.1 g/mol. The molecule has 1 aliphatic rings. The quantitative estimate of drug-likeness (QED) is 0.408. The van der Waals surface area contributed by atoms with Crippen molar-refractivity contribution in [1.29, 1.82) is 0 Å². The molecule has 1 heterocycles. The lowest BCUT2D eigenvalue weighted by Crippen LogP contribution is -1.79. The van der Waals surface area contributed by atoms with Crippen molar-refractivity contribution in [2.75, 3.05) is 0 Å². The molecule has 0 aromatic carbocycles. The van der Waals surface area contributed by atoms with Crippen LogP contribution in [0.3, 0.4) is 0 Å². The highest BCUT2D eigenvalue weighted by molar-refractivity contribution is 7.99. The molecule has 1 rings (SSSR count). The number of hydrogen-bond donors (Lipinski definition) is 0. The highest BCUT2D eigenvalue weighted by Gasteiger charge is 1.79. The monoisotopic (exact) mass is 96.0 g/mol. The minimum Gasteiger partial charge on any atom is -0.219 e. The maximum absolute atomic E-state index is 3.72. The summed E-state index contributed by atoms with van der Waals surface area (Å²) in [5, 5.41) is 2.77. The van der Waals surface area contributed by atoms with Crippen molar-refractivity contribution in [3.63, 3.8) is 0 Å². The van der Waals surface area contributed by atoms with Gasteiger partial charge in [0.05, 0.1) is 0 Å². The molecule has 0 aliphatic carbocycles. The molecule has 0 aromatic rings. The van der Waals surface area contributed by atoms with Gasteiger partial charge in [0.2, 0.25) is 0 Å². The first-order chi connectivity index (χ1) is 3.00. The van der Waals surface area contributed by atoms with Gasteiger partial charge in [-0.05, 0) is 6.08 Å². The fourth-order valence-electron chi connectivity index (χ4n) is 0.185. The van der Waals surface area contributed by atoms with Gasteiger partial charge in [0.15, 0.2) is 0 Å². The molecule has 0 spiro atoms. The summed E-state index contributed by atoms with van der Waals surface area (Å²) in [6.07, 6.45) is 6.05. The van der Waals surface area contributed by atoms with Crippen molar-refractivity contribution in [1.82, 2.24) is 4.72 Å². The van der Waals surface area contributed by atoms with E-state index in [0.29, 0.717) is 0 Å². The molecule has 6 heavy (non-hydrogen) atoms. The van der Waals surface area contributed by atoms with Crippen LogP contribution in [0.25, 0.3) is 0 Å². The van der Waals surface area contributed by atoms with Crippen LogP contribution in [0.5, 0.6) is 0 Å². The second-order valence-corrected chi connectivity index (χ2v) is 1.38. The smallest absolute Gasteiger partial charge is 0.0467 e. The van der Waals surface area contributed by atoms with Gasteiger partial charge in [-0.3, -0.25) is 0 Å². The molecule has 0 aromatic heterocycles. The molecular weight excluding hydrogens is 94.1 g/mol. The van der Waals surface area contributed by atoms with Crippen molar-refractivity contribution in [2.24, 2.45) is 0 Å². The van der Waals surface area contributed by atoms with Crippen LogP contribution in [0.2, 0.25) is 0 Å². The molecule has 2 heteroatoms. The summed E-state index contributed by atoms with van der Waals surface area (Å²) in [5.41, 5.74) is 0. The Morgan fingerprint density at radius 3 is 2.83 bits per heavy atom. The number of nitrogens with zero attached hydrogens (tertiary/aromatic N) is 1. The molecule has 3 radical (unpaired) electrons. The lowest BCUT2D eigenvalue weighted by molar-refractivity contribution is 1.37. The molecule has 0 bridgehead atoms. The van der Waals surface area contributed by atoms with Gasteiger partial charge in [0.1, 0.15) is 0 Å². The van der Waals surface area contributed by atoms with Crippen molar-refractivity contribution in [3.8, 4) is 0 Å². The first-order valence-corrected chi connectivity index (χ1v) is 2.28. The Labute approximate surface area is 41.3 Å². The molecule has 0 fully saturated rings. The summed E-state index contributed by atoms with van der Waals surface area (Å²) < 4.78 is 3.72. The number of allylic oxidation sites excluding steroid dienone is 2. The third-order valence-electron chi connectivity index (χ3n) is 0.375. The van der Waals surface area contributed by atoms with Crippen LogP contribution in [0, 0.1) is 11.5 Å². The van der Waals surface area contributed by atoms with Gasteiger partial charge in [0.25, 0.3) is 0 Å². The summed E-state index contributed by atoms with van der Waals surface area (Å²) in [5.74, 6) is 0. The van der Waals surface area contributed by atoms with Gasteiger partial charge >= 0.3 is 0 Å². The Hall–Kier alpha value is -0.370. The van der Waals surface area contributed by atoms with E-state index in [1.54, 1.807) is 12.3 Å². The van der Waals surface area contributed by atoms with Gasteiger partial charge in [0, 0.05) is 29.6 Å². The van der Waals surface area contributed by atoms with Gasteiger partial charge in [-0.2, -0.15) is 0 Å². The normalized spacial score (nSPS) is 17.3. The maximum Gasteiger partial charge on any atom is 0.0467 e. The number of hydrogen-bond acceptors (Lipinski definition) is 1. The molecule has 0 saturated heterocycles. The predicted octanol–water partition coefficient (Wildman–Crippen LogP) is 0.886. The standard InChI is InChI=1S/C4H2NS/c1-2-4-6-5-3-1/h2-3H. The highest BCUT2D eigenvalue weighted by Crippen LogP contribution is 1.99. The first kappa shape index (κ1) is 3.81. The number of rotatable bonds is 0. The van der Waals surface area contributed by atoms with Crippen molar-refractivity contribution in [2.45, 2.75) is 0 Å². The fourth-order valence-corrected chi connectivity index (χ4v) is 0.480. The topological polar surface area (TPSA) is 14.1 Å². The molecule has 1 aliphatic heterocycles. The van der Waals surface area contributed by atoms with E-state index < -0.39 is 0 Å². The van der Waals surface area contributed by atoms with Crippen LogP contribution in [0.4, 0.5) is 0 Å². The summed E-state index contributed by atoms with van der Waals surface area (Å²) in [7, 11) is 0. The van der Waals surface area contributed by atoms with Gasteiger partial charge in [-0.1, -0.05) is 0 Å². The zero-order valence-corrected chi connectivity index (χ0v) is 3.83. The van der Waals surface area contributed by atoms with Crippen LogP contribution in [0.1, 0.15) is 0 Å². The Balaban J connectivity index is 2.46. The molecule has 0 atom stereocenters. The second kappa shape index (κ2) is 1.92. The van der Waals surface area contributed by atoms with Gasteiger partial charge < -0.3 is 0 Å². The lowest BCUT2D eigenvalue weighted by atomic mass is 10.6. The SMILES string of the molecule is [C]1=C[C]=C[N]S1. The van der Waals surface area contributed by atoms with Gasteiger partial charge in [-0.15, -0.1) is 0 Å². The van der Waals surface area contributed by atoms with E-state index in [9.17, 15) is 0 Å². The van der Waals surface area contributed by atoms with Crippen LogP contribution >= 0.6 is 11.9 Å². The summed E-state index contributed by atoms with van der Waals surface area (Å²) in [6.45, 7) is 0. The van der Waals surface area contributed by atoms with E-state index in [4.69, 9.17) is 0 Å². The Kier molecular flexibility index (Phi) is 1.22. The zero-order chi connectivity index (χ0) is 4.24. The third kappa shape index (κ3) is 0.792. The Morgan fingerprint density at radius 1 is 1.67 bits per heavy atom. The molecule has 1 nitrogen and oxygen atoms in total. The average Bonchev–Trinajstić information content (AvgIpc) is 1.72. The van der Waals surface area contributed by atoms with Crippen LogP contribution < -0.4 is 4.72 Å². The van der Waals surface area contributed by atoms with Crippen LogP contribution in [0.15, 0.2) is 12.3 Å². The Morgan fingerprint density at radius 2 is 2.67 bits per heavy atom. The van der Waals surface area contributed by atoms with E-state index in [1.807, 2.05) is 0 Å². The van der Waals surface area contributed by atoms with E-state index in [0.717, 1.165) is 0 Å². The molecule has 0 unspecified atom stereocenters. The van der Waals surface area contributed by atoms with E-state index in [2.05, 4.69) is 16.2 Å². The maximum atomic E-state index is 3.72. The molecular formula is C4H2NS. The van der Waals surface area contributed by atoms with Crippen LogP contribution in [-0.2, 0) is 0 Å². The molecule has 0 saturated carbocycles. The van der Waals surface area contributed by atoms with Crippen molar-refractivity contribution >= 4 is 11.9 Å². The Bertz CT molecular complexity index is 73.5. The van der Waals surface area contributed by atoms with Gasteiger partial charge in [-0.25, -0.2) is 4.72 Å². The third-order valence-corrected chi connectivity index (χ3v) is 0.809. The van der Waals surface area contributed by atoms with E-state index >= 15 is 0 Å². The molecule has 0 N–H and O–H groups in total. The van der Waals surface area contributed by atoms with Crippen molar-refractivity contribution < 1.29 is 0 Å². The first-order valence-electron chi connectivity index (χ1n) is 1.51. The minimum absolute atomic E-state index is 1.30. The van der Waals surface area contributed by atoms with Crippen LogP contribution in [-0.4, -0.2) is 0 Å². The predicted molar refractivity (Wildman–Crippen MR) is 25.4 cm³/mol. The fraction of sp³-hybridized carbons (Fsp3) is 0. The minimum atomic E-state index is 1.30. The molecule has 29 valence electrons. The zero-order valence-electron chi connectivity index (χ0n) is 3.01. The summed E-state index contributed by atoms with van der Waals surface area (Å²) in [6, 6.07) is 0. The molecule has 0 amide bonds. The lowest BCUT2D eigenvalue weighted by Gasteiger charge is -1.86. The largest absolute Gasteiger partial charge is 0.219 e. The van der Waals surface area contributed by atoms with E-state index in [1.165, 1.54) is 11.9 Å². The summed E-state index contributed by atoms with van der Waals surface area (Å²) in [4.78, 5) is 0. The van der Waals surface area contributed by atoms with E-state index in [-0.39, 0.29) is 0 Å². The van der Waals surface area contributed by atoms with Crippen molar-refractivity contribution in [3.05, 3.63) is 23.8 Å².